The van der Waals surface area contributed by atoms with Crippen LogP contribution in [-0.4, -0.2) is 81.8 Å². The van der Waals surface area contributed by atoms with Crippen molar-refractivity contribution in [2.24, 2.45) is 0 Å². The Labute approximate surface area is 176 Å². The Bertz CT molecular complexity index is 1020. The van der Waals surface area contributed by atoms with Crippen LogP contribution in [0.1, 0.15) is 5.56 Å². The lowest BCUT2D eigenvalue weighted by Crippen LogP contribution is -2.49. The van der Waals surface area contributed by atoms with Gasteiger partial charge in [-0.2, -0.15) is 4.31 Å². The Morgan fingerprint density at radius 1 is 0.833 bits per heavy atom. The molecule has 9 nitrogen and oxygen atoms in total. The molecule has 3 aliphatic rings. The molecular formula is C20H25N5O4S. The van der Waals surface area contributed by atoms with E-state index in [9.17, 15) is 8.42 Å². The summed E-state index contributed by atoms with van der Waals surface area (Å²) in [5.74, 6) is 2.51. The molecule has 0 spiro atoms. The molecule has 0 radical (unpaired) electrons. The van der Waals surface area contributed by atoms with Crippen LogP contribution in [0, 0.1) is 0 Å². The van der Waals surface area contributed by atoms with E-state index in [1.165, 1.54) is 0 Å². The number of fused-ring (bicyclic) bond motifs is 1. The van der Waals surface area contributed by atoms with E-state index in [1.807, 2.05) is 6.07 Å². The van der Waals surface area contributed by atoms with Gasteiger partial charge in [-0.1, -0.05) is 0 Å². The minimum absolute atomic E-state index is 0.344. The van der Waals surface area contributed by atoms with E-state index in [2.05, 4.69) is 19.8 Å². The van der Waals surface area contributed by atoms with Crippen LogP contribution >= 0.6 is 0 Å². The number of morpholine rings is 1. The lowest BCUT2D eigenvalue weighted by atomic mass is 10.2. The van der Waals surface area contributed by atoms with Crippen LogP contribution in [0.5, 0.6) is 5.75 Å². The largest absolute Gasteiger partial charge is 0.493 e. The molecule has 0 saturated carbocycles. The van der Waals surface area contributed by atoms with Crippen molar-refractivity contribution in [1.82, 2.24) is 14.3 Å². The molecule has 2 saturated heterocycles. The van der Waals surface area contributed by atoms with E-state index in [0.29, 0.717) is 50.9 Å². The molecule has 5 rings (SSSR count). The van der Waals surface area contributed by atoms with Crippen LogP contribution in [-0.2, 0) is 21.2 Å². The first-order valence-corrected chi connectivity index (χ1v) is 11.7. The van der Waals surface area contributed by atoms with Gasteiger partial charge in [0.15, 0.2) is 0 Å². The normalized spacial score (nSPS) is 20.1. The summed E-state index contributed by atoms with van der Waals surface area (Å²) >= 11 is 0. The summed E-state index contributed by atoms with van der Waals surface area (Å²) in [5.41, 5.74) is 0.964. The molecule has 0 N–H and O–H groups in total. The second kappa shape index (κ2) is 8.01. The highest BCUT2D eigenvalue weighted by molar-refractivity contribution is 7.89. The number of rotatable bonds is 4. The van der Waals surface area contributed by atoms with E-state index in [1.54, 1.807) is 28.8 Å². The predicted molar refractivity (Wildman–Crippen MR) is 112 cm³/mol. The summed E-state index contributed by atoms with van der Waals surface area (Å²) in [4.78, 5) is 13.5. The average molecular weight is 432 g/mol. The van der Waals surface area contributed by atoms with E-state index in [0.717, 1.165) is 42.5 Å². The molecule has 2 aromatic rings. The first-order valence-electron chi connectivity index (χ1n) is 10.3. The van der Waals surface area contributed by atoms with Gasteiger partial charge in [0.1, 0.15) is 23.7 Å². The van der Waals surface area contributed by atoms with Gasteiger partial charge in [0.2, 0.25) is 10.0 Å². The van der Waals surface area contributed by atoms with Gasteiger partial charge < -0.3 is 19.3 Å². The first-order chi connectivity index (χ1) is 14.6. The number of nitrogens with zero attached hydrogens (tertiary/aromatic N) is 5. The molecule has 0 unspecified atom stereocenters. The van der Waals surface area contributed by atoms with Crippen molar-refractivity contribution >= 4 is 21.7 Å². The minimum atomic E-state index is -3.52. The minimum Gasteiger partial charge on any atom is -0.493 e. The number of piperazine rings is 1. The third-order valence-corrected chi connectivity index (χ3v) is 7.73. The zero-order chi connectivity index (χ0) is 20.6. The van der Waals surface area contributed by atoms with Gasteiger partial charge in [0.25, 0.3) is 0 Å². The summed E-state index contributed by atoms with van der Waals surface area (Å²) in [6.45, 7) is 5.67. The molecule has 1 aromatic carbocycles. The molecule has 1 aromatic heterocycles. The Kier molecular flexibility index (Phi) is 5.21. The van der Waals surface area contributed by atoms with Gasteiger partial charge in [0.05, 0.1) is 24.7 Å². The average Bonchev–Trinajstić information content (AvgIpc) is 3.28. The number of hydrogen-bond acceptors (Lipinski definition) is 8. The van der Waals surface area contributed by atoms with Crippen molar-refractivity contribution in [3.8, 4) is 5.75 Å². The number of hydrogen-bond donors (Lipinski definition) is 0. The number of sulfonamides is 1. The van der Waals surface area contributed by atoms with Gasteiger partial charge >= 0.3 is 0 Å². The molecule has 4 heterocycles. The summed E-state index contributed by atoms with van der Waals surface area (Å²) in [6.07, 6.45) is 2.33. The third kappa shape index (κ3) is 3.70. The lowest BCUT2D eigenvalue weighted by molar-refractivity contribution is 0.122. The second-order valence-electron chi connectivity index (χ2n) is 7.59. The molecule has 0 bridgehead atoms. The fraction of sp³-hybridized carbons (Fsp3) is 0.500. The highest BCUT2D eigenvalue weighted by atomic mass is 32.2. The molecule has 0 atom stereocenters. The maximum absolute atomic E-state index is 13.1. The number of anilines is 2. The summed E-state index contributed by atoms with van der Waals surface area (Å²) in [6, 6.07) is 7.14. The topological polar surface area (TPSA) is 88.1 Å². The Morgan fingerprint density at radius 3 is 2.27 bits per heavy atom. The van der Waals surface area contributed by atoms with Crippen LogP contribution in [0.15, 0.2) is 35.5 Å². The van der Waals surface area contributed by atoms with E-state index >= 15 is 0 Å². The van der Waals surface area contributed by atoms with Crippen LogP contribution in [0.25, 0.3) is 0 Å². The van der Waals surface area contributed by atoms with Crippen molar-refractivity contribution in [3.63, 3.8) is 0 Å². The van der Waals surface area contributed by atoms with E-state index in [-0.39, 0.29) is 0 Å². The zero-order valence-corrected chi connectivity index (χ0v) is 17.6. The Balaban J connectivity index is 1.27. The molecule has 0 amide bonds. The monoisotopic (exact) mass is 431 g/mol. The quantitative estimate of drug-likeness (QED) is 0.701. The van der Waals surface area contributed by atoms with Gasteiger partial charge in [-0.3, -0.25) is 0 Å². The van der Waals surface area contributed by atoms with Crippen molar-refractivity contribution in [3.05, 3.63) is 36.2 Å². The lowest BCUT2D eigenvalue weighted by Gasteiger charge is -2.35. The Morgan fingerprint density at radius 2 is 1.53 bits per heavy atom. The molecule has 0 aliphatic carbocycles. The zero-order valence-electron chi connectivity index (χ0n) is 16.7. The van der Waals surface area contributed by atoms with Crippen molar-refractivity contribution in [2.45, 2.75) is 11.3 Å². The first kappa shape index (κ1) is 19.5. The summed E-state index contributed by atoms with van der Waals surface area (Å²) < 4.78 is 38.7. The Hall–Kier alpha value is -2.43. The highest BCUT2D eigenvalue weighted by Gasteiger charge is 2.30. The summed E-state index contributed by atoms with van der Waals surface area (Å²) in [5, 5.41) is 0. The molecule has 2 fully saturated rings. The number of ether oxygens (including phenoxy) is 2. The van der Waals surface area contributed by atoms with Crippen LogP contribution in [0.3, 0.4) is 0 Å². The van der Waals surface area contributed by atoms with E-state index < -0.39 is 10.0 Å². The SMILES string of the molecule is O=S(=O)(c1ccc2c(c1)CCO2)N1CCN(c2cc(N3CCOCC3)ncn2)CC1. The van der Waals surface area contributed by atoms with Crippen molar-refractivity contribution in [1.29, 1.82) is 0 Å². The summed E-state index contributed by atoms with van der Waals surface area (Å²) in [7, 11) is -3.52. The maximum Gasteiger partial charge on any atom is 0.243 e. The highest BCUT2D eigenvalue weighted by Crippen LogP contribution is 2.29. The fourth-order valence-corrected chi connectivity index (χ4v) is 5.58. The standard InChI is InChI=1S/C20H25N5O4S/c26-30(27,17-1-2-18-16(13-17)3-10-29-18)25-6-4-23(5-7-25)19-14-20(22-15-21-19)24-8-11-28-12-9-24/h1-2,13-15H,3-12H2. The van der Waals surface area contributed by atoms with Gasteiger partial charge in [0, 0.05) is 51.8 Å². The van der Waals surface area contributed by atoms with Crippen molar-refractivity contribution < 1.29 is 17.9 Å². The maximum atomic E-state index is 13.1. The van der Waals surface area contributed by atoms with E-state index in [4.69, 9.17) is 9.47 Å². The molecule has 10 heteroatoms. The molecule has 30 heavy (non-hydrogen) atoms. The van der Waals surface area contributed by atoms with Crippen LogP contribution in [0.2, 0.25) is 0 Å². The number of aromatic nitrogens is 2. The molecular weight excluding hydrogens is 406 g/mol. The smallest absolute Gasteiger partial charge is 0.243 e. The third-order valence-electron chi connectivity index (χ3n) is 5.83. The number of benzene rings is 1. The van der Waals surface area contributed by atoms with Crippen LogP contribution < -0.4 is 14.5 Å². The van der Waals surface area contributed by atoms with Gasteiger partial charge in [-0.15, -0.1) is 0 Å². The fourth-order valence-electron chi connectivity index (χ4n) is 4.11. The molecule has 3 aliphatic heterocycles. The predicted octanol–water partition coefficient (Wildman–Crippen LogP) is 0.759. The van der Waals surface area contributed by atoms with Crippen LogP contribution in [0.4, 0.5) is 11.6 Å². The molecule has 160 valence electrons. The second-order valence-corrected chi connectivity index (χ2v) is 9.53. The van der Waals surface area contributed by atoms with Gasteiger partial charge in [-0.25, -0.2) is 18.4 Å². The van der Waals surface area contributed by atoms with Crippen molar-refractivity contribution in [2.75, 3.05) is 68.9 Å². The van der Waals surface area contributed by atoms with Gasteiger partial charge in [-0.05, 0) is 23.8 Å².